The van der Waals surface area contributed by atoms with Gasteiger partial charge >= 0.3 is 0 Å². The fraction of sp³-hybridized carbons (Fsp3) is 0.125. The summed E-state index contributed by atoms with van der Waals surface area (Å²) in [6.45, 7) is 3.87. The molecule has 3 nitrogen and oxygen atoms in total. The minimum Gasteiger partial charge on any atom is -0.399 e. The largest absolute Gasteiger partial charge is 0.399 e. The van der Waals surface area contributed by atoms with Gasteiger partial charge in [-0.05, 0) is 17.7 Å². The molecule has 2 aromatic rings. The zero-order valence-electron chi connectivity index (χ0n) is 11.6. The molecule has 0 aliphatic carbocycles. The number of hydrogen-bond donors (Lipinski definition) is 3. The Balaban J connectivity index is 2.57. The summed E-state index contributed by atoms with van der Waals surface area (Å²) in [7, 11) is 3.45. The minimum atomic E-state index is -0.300. The summed E-state index contributed by atoms with van der Waals surface area (Å²) < 4.78 is 14.7. The second-order valence-corrected chi connectivity index (χ2v) is 4.45. The molecule has 0 saturated heterocycles. The number of benzene rings is 2. The van der Waals surface area contributed by atoms with Crippen molar-refractivity contribution in [2.45, 2.75) is 0 Å². The zero-order valence-corrected chi connectivity index (χ0v) is 11.6. The molecule has 0 aliphatic rings. The lowest BCUT2D eigenvalue weighted by Gasteiger charge is -2.15. The zero-order chi connectivity index (χ0) is 14.7. The summed E-state index contributed by atoms with van der Waals surface area (Å²) in [6.07, 6.45) is 0. The van der Waals surface area contributed by atoms with E-state index >= 15 is 0 Å². The van der Waals surface area contributed by atoms with Gasteiger partial charge in [0, 0.05) is 36.6 Å². The minimum absolute atomic E-state index is 0.300. The highest BCUT2D eigenvalue weighted by Crippen LogP contribution is 2.32. The summed E-state index contributed by atoms with van der Waals surface area (Å²) in [5.41, 5.74) is 9.43. The van der Waals surface area contributed by atoms with E-state index in [1.807, 2.05) is 6.07 Å². The van der Waals surface area contributed by atoms with Crippen LogP contribution in [0.3, 0.4) is 0 Å². The van der Waals surface area contributed by atoms with E-state index in [2.05, 4.69) is 17.2 Å². The Morgan fingerprint density at radius 1 is 1.10 bits per heavy atom. The maximum absolute atomic E-state index is 14.7. The van der Waals surface area contributed by atoms with Crippen molar-refractivity contribution >= 4 is 17.1 Å². The number of nitrogens with one attached hydrogen (secondary N) is 2. The van der Waals surface area contributed by atoms with Gasteiger partial charge in [-0.2, -0.15) is 0 Å². The SMILES string of the molecule is C=C(NC)c1ccc(-c2ccc(N)cc2)c(F)c1NC. The first kappa shape index (κ1) is 13.9. The van der Waals surface area contributed by atoms with Crippen LogP contribution in [0.2, 0.25) is 0 Å². The molecule has 0 amide bonds. The fourth-order valence-corrected chi connectivity index (χ4v) is 2.09. The molecule has 0 spiro atoms. The van der Waals surface area contributed by atoms with E-state index in [9.17, 15) is 4.39 Å². The van der Waals surface area contributed by atoms with Gasteiger partial charge in [-0.15, -0.1) is 0 Å². The first-order valence-corrected chi connectivity index (χ1v) is 6.31. The lowest BCUT2D eigenvalue weighted by molar-refractivity contribution is 0.634. The van der Waals surface area contributed by atoms with Gasteiger partial charge in [0.25, 0.3) is 0 Å². The van der Waals surface area contributed by atoms with E-state index in [4.69, 9.17) is 5.73 Å². The maximum Gasteiger partial charge on any atom is 0.154 e. The first-order chi connectivity index (χ1) is 9.58. The summed E-state index contributed by atoms with van der Waals surface area (Å²) in [5, 5.41) is 5.83. The topological polar surface area (TPSA) is 50.1 Å². The van der Waals surface area contributed by atoms with Crippen LogP contribution in [-0.4, -0.2) is 14.1 Å². The summed E-state index contributed by atoms with van der Waals surface area (Å²) in [6, 6.07) is 10.7. The van der Waals surface area contributed by atoms with Crippen molar-refractivity contribution in [3.63, 3.8) is 0 Å². The van der Waals surface area contributed by atoms with Crippen molar-refractivity contribution in [2.75, 3.05) is 25.1 Å². The van der Waals surface area contributed by atoms with Gasteiger partial charge in [-0.1, -0.05) is 30.8 Å². The van der Waals surface area contributed by atoms with Crippen LogP contribution in [0.1, 0.15) is 5.56 Å². The lowest BCUT2D eigenvalue weighted by atomic mass is 10.00. The summed E-state index contributed by atoms with van der Waals surface area (Å²) >= 11 is 0. The Morgan fingerprint density at radius 3 is 2.30 bits per heavy atom. The number of nitrogens with two attached hydrogens (primary N) is 1. The average Bonchev–Trinajstić information content (AvgIpc) is 2.47. The molecule has 0 radical (unpaired) electrons. The van der Waals surface area contributed by atoms with Gasteiger partial charge in [0.2, 0.25) is 0 Å². The Labute approximate surface area is 118 Å². The summed E-state index contributed by atoms with van der Waals surface area (Å²) in [4.78, 5) is 0. The number of rotatable bonds is 4. The van der Waals surface area contributed by atoms with E-state index in [0.29, 0.717) is 28.2 Å². The Kier molecular flexibility index (Phi) is 3.94. The van der Waals surface area contributed by atoms with Crippen molar-refractivity contribution in [1.29, 1.82) is 0 Å². The van der Waals surface area contributed by atoms with Gasteiger partial charge in [0.05, 0.1) is 5.69 Å². The van der Waals surface area contributed by atoms with Crippen LogP contribution >= 0.6 is 0 Å². The third kappa shape index (κ3) is 2.45. The van der Waals surface area contributed by atoms with Crippen LogP contribution in [0.5, 0.6) is 0 Å². The second kappa shape index (κ2) is 5.65. The highest BCUT2D eigenvalue weighted by molar-refractivity contribution is 5.80. The Morgan fingerprint density at radius 2 is 1.75 bits per heavy atom. The highest BCUT2D eigenvalue weighted by Gasteiger charge is 2.14. The molecule has 0 fully saturated rings. The number of halogens is 1. The molecule has 0 atom stereocenters. The van der Waals surface area contributed by atoms with E-state index in [1.54, 1.807) is 44.4 Å². The molecule has 4 heteroatoms. The molecule has 0 bridgehead atoms. The summed E-state index contributed by atoms with van der Waals surface area (Å²) in [5.74, 6) is -0.300. The number of nitrogen functional groups attached to an aromatic ring is 1. The normalized spacial score (nSPS) is 10.2. The molecule has 2 rings (SSSR count). The maximum atomic E-state index is 14.7. The average molecular weight is 271 g/mol. The predicted octanol–water partition coefficient (Wildman–Crippen LogP) is 3.31. The smallest absolute Gasteiger partial charge is 0.154 e. The number of hydrogen-bond acceptors (Lipinski definition) is 3. The van der Waals surface area contributed by atoms with Crippen LogP contribution in [0, 0.1) is 5.82 Å². The molecule has 2 aromatic carbocycles. The third-order valence-corrected chi connectivity index (χ3v) is 3.24. The molecule has 4 N–H and O–H groups in total. The van der Waals surface area contributed by atoms with Crippen LogP contribution in [0.4, 0.5) is 15.8 Å². The van der Waals surface area contributed by atoms with Gasteiger partial charge in [0.15, 0.2) is 5.82 Å². The van der Waals surface area contributed by atoms with Crippen molar-refractivity contribution in [3.8, 4) is 11.1 Å². The predicted molar refractivity (Wildman–Crippen MR) is 83.9 cm³/mol. The highest BCUT2D eigenvalue weighted by atomic mass is 19.1. The molecular weight excluding hydrogens is 253 g/mol. The van der Waals surface area contributed by atoms with Crippen molar-refractivity contribution in [2.24, 2.45) is 0 Å². The van der Waals surface area contributed by atoms with Gasteiger partial charge < -0.3 is 16.4 Å². The van der Waals surface area contributed by atoms with Crippen molar-refractivity contribution in [1.82, 2.24) is 5.32 Å². The van der Waals surface area contributed by atoms with Crippen LogP contribution in [0.25, 0.3) is 16.8 Å². The molecule has 0 aliphatic heterocycles. The van der Waals surface area contributed by atoms with Crippen LogP contribution in [0.15, 0.2) is 43.0 Å². The monoisotopic (exact) mass is 271 g/mol. The molecule has 0 unspecified atom stereocenters. The van der Waals surface area contributed by atoms with Crippen molar-refractivity contribution < 1.29 is 4.39 Å². The van der Waals surface area contributed by atoms with E-state index in [-0.39, 0.29) is 5.82 Å². The second-order valence-electron chi connectivity index (χ2n) is 4.45. The molecule has 0 aromatic heterocycles. The van der Waals surface area contributed by atoms with E-state index in [1.165, 1.54) is 0 Å². The van der Waals surface area contributed by atoms with Gasteiger partial charge in [-0.3, -0.25) is 0 Å². The third-order valence-electron chi connectivity index (χ3n) is 3.24. The molecule has 104 valence electrons. The molecular formula is C16H18FN3. The Bertz CT molecular complexity index is 633. The Hall–Kier alpha value is -2.49. The van der Waals surface area contributed by atoms with E-state index in [0.717, 1.165) is 5.56 Å². The lowest BCUT2D eigenvalue weighted by Crippen LogP contribution is -2.07. The van der Waals surface area contributed by atoms with Crippen LogP contribution in [-0.2, 0) is 0 Å². The number of anilines is 2. The van der Waals surface area contributed by atoms with Crippen LogP contribution < -0.4 is 16.4 Å². The van der Waals surface area contributed by atoms with E-state index < -0.39 is 0 Å². The molecule has 0 heterocycles. The van der Waals surface area contributed by atoms with Gasteiger partial charge in [0.1, 0.15) is 0 Å². The van der Waals surface area contributed by atoms with Gasteiger partial charge in [-0.25, -0.2) is 4.39 Å². The fourth-order valence-electron chi connectivity index (χ4n) is 2.09. The molecule has 20 heavy (non-hydrogen) atoms. The quantitative estimate of drug-likeness (QED) is 0.748. The molecule has 0 saturated carbocycles. The van der Waals surface area contributed by atoms with Crippen molar-refractivity contribution in [3.05, 3.63) is 54.4 Å². The first-order valence-electron chi connectivity index (χ1n) is 6.31. The standard InChI is InChI=1S/C16H18FN3/c1-10(19-2)13-8-9-14(15(17)16(13)20-3)11-4-6-12(18)7-5-11/h4-9,19-20H,1,18H2,2-3H3.